The highest BCUT2D eigenvalue weighted by Crippen LogP contribution is 2.31. The fraction of sp³-hybridized carbons (Fsp3) is 0.381. The molecule has 1 unspecified atom stereocenters. The van der Waals surface area contributed by atoms with Gasteiger partial charge in [0.05, 0.1) is 6.10 Å². The second-order valence-electron chi connectivity index (χ2n) is 6.74. The van der Waals surface area contributed by atoms with Crippen LogP contribution in [0.5, 0.6) is 5.88 Å². The Morgan fingerprint density at radius 2 is 2.04 bits per heavy atom. The van der Waals surface area contributed by atoms with Crippen LogP contribution in [0.15, 0.2) is 42.6 Å². The van der Waals surface area contributed by atoms with Crippen molar-refractivity contribution in [3.63, 3.8) is 0 Å². The van der Waals surface area contributed by atoms with Gasteiger partial charge in [0, 0.05) is 30.4 Å². The molecule has 4 heteroatoms. The van der Waals surface area contributed by atoms with Gasteiger partial charge in [0.15, 0.2) is 0 Å². The summed E-state index contributed by atoms with van der Waals surface area (Å²) in [6.45, 7) is 6.57. The Balaban J connectivity index is 1.71. The molecule has 0 radical (unpaired) electrons. The van der Waals surface area contributed by atoms with Gasteiger partial charge in [-0.15, -0.1) is 0 Å². The third kappa shape index (κ3) is 3.14. The van der Waals surface area contributed by atoms with Gasteiger partial charge in [0.2, 0.25) is 5.88 Å². The Hall–Kier alpha value is -2.33. The molecule has 0 bridgehead atoms. The maximum atomic E-state index is 6.09. The van der Waals surface area contributed by atoms with Crippen LogP contribution < -0.4 is 4.74 Å². The molecule has 0 saturated carbocycles. The molecule has 3 heterocycles. The normalized spacial score (nSPS) is 17.3. The Bertz CT molecular complexity index is 864. The summed E-state index contributed by atoms with van der Waals surface area (Å²) < 4.78 is 14.1. The summed E-state index contributed by atoms with van der Waals surface area (Å²) in [5, 5.41) is 1.21. The lowest BCUT2D eigenvalue weighted by molar-refractivity contribution is 0.0668. The Kier molecular flexibility index (Phi) is 4.45. The number of nitrogens with zero attached hydrogens (tertiary/aromatic N) is 2. The van der Waals surface area contributed by atoms with Crippen molar-refractivity contribution in [1.29, 1.82) is 0 Å². The topological polar surface area (TPSA) is 36.3 Å². The highest BCUT2D eigenvalue weighted by atomic mass is 16.5. The summed E-state index contributed by atoms with van der Waals surface area (Å²) in [5.74, 6) is 0.708. The van der Waals surface area contributed by atoms with E-state index in [-0.39, 0.29) is 6.10 Å². The molecule has 0 amide bonds. The first kappa shape index (κ1) is 16.2. The molecule has 130 valence electrons. The van der Waals surface area contributed by atoms with Gasteiger partial charge in [0.1, 0.15) is 12.1 Å². The van der Waals surface area contributed by atoms with Gasteiger partial charge < -0.3 is 14.0 Å². The summed E-state index contributed by atoms with van der Waals surface area (Å²) in [4.78, 5) is 4.53. The molecule has 1 saturated heterocycles. The molecule has 2 aromatic heterocycles. The van der Waals surface area contributed by atoms with Crippen LogP contribution in [0.4, 0.5) is 0 Å². The Morgan fingerprint density at radius 3 is 2.80 bits per heavy atom. The van der Waals surface area contributed by atoms with Crippen molar-refractivity contribution in [2.45, 2.75) is 39.3 Å². The Labute approximate surface area is 148 Å². The first-order valence-electron chi connectivity index (χ1n) is 8.97. The monoisotopic (exact) mass is 336 g/mol. The number of hydrogen-bond donors (Lipinski definition) is 0. The van der Waals surface area contributed by atoms with Gasteiger partial charge >= 0.3 is 0 Å². The number of fused-ring (bicyclic) bond motifs is 1. The molecular weight excluding hydrogens is 312 g/mol. The van der Waals surface area contributed by atoms with E-state index in [0.29, 0.717) is 12.5 Å². The van der Waals surface area contributed by atoms with E-state index in [2.05, 4.69) is 53.7 Å². The lowest BCUT2D eigenvalue weighted by Crippen LogP contribution is -2.17. The van der Waals surface area contributed by atoms with Gasteiger partial charge in [-0.2, -0.15) is 0 Å². The minimum atomic E-state index is 0.191. The van der Waals surface area contributed by atoms with E-state index in [1.165, 1.54) is 22.2 Å². The van der Waals surface area contributed by atoms with E-state index in [9.17, 15) is 0 Å². The van der Waals surface area contributed by atoms with Crippen LogP contribution in [0.1, 0.15) is 29.7 Å². The fourth-order valence-electron chi connectivity index (χ4n) is 3.58. The van der Waals surface area contributed by atoms with Crippen molar-refractivity contribution in [3.8, 4) is 5.88 Å². The van der Waals surface area contributed by atoms with Crippen molar-refractivity contribution >= 4 is 10.9 Å². The molecule has 1 aliphatic rings. The van der Waals surface area contributed by atoms with Crippen LogP contribution in [0.25, 0.3) is 10.9 Å². The summed E-state index contributed by atoms with van der Waals surface area (Å²) in [7, 11) is 0. The van der Waals surface area contributed by atoms with Crippen molar-refractivity contribution < 1.29 is 9.47 Å². The molecule has 1 aliphatic heterocycles. The average Bonchev–Trinajstić information content (AvgIpc) is 3.24. The molecule has 1 fully saturated rings. The second kappa shape index (κ2) is 6.89. The largest absolute Gasteiger partial charge is 0.473 e. The van der Waals surface area contributed by atoms with Crippen LogP contribution in [0.2, 0.25) is 0 Å². The zero-order chi connectivity index (χ0) is 17.2. The molecular formula is C21H24N2O2. The van der Waals surface area contributed by atoms with Crippen LogP contribution in [-0.2, 0) is 11.3 Å². The second-order valence-corrected chi connectivity index (χ2v) is 6.74. The van der Waals surface area contributed by atoms with Gasteiger partial charge in [-0.1, -0.05) is 30.3 Å². The number of aromatic nitrogens is 2. The first-order valence-corrected chi connectivity index (χ1v) is 8.97. The lowest BCUT2D eigenvalue weighted by Gasteiger charge is -2.14. The number of ether oxygens (including phenoxy) is 2. The molecule has 0 N–H and O–H groups in total. The van der Waals surface area contributed by atoms with E-state index in [1.54, 1.807) is 0 Å². The van der Waals surface area contributed by atoms with Crippen LogP contribution >= 0.6 is 0 Å². The fourth-order valence-corrected chi connectivity index (χ4v) is 3.58. The van der Waals surface area contributed by atoms with E-state index in [4.69, 9.17) is 9.47 Å². The third-order valence-corrected chi connectivity index (χ3v) is 5.13. The van der Waals surface area contributed by atoms with Crippen LogP contribution in [-0.4, -0.2) is 28.9 Å². The molecule has 3 aromatic rings. The van der Waals surface area contributed by atoms with Gasteiger partial charge in [-0.25, -0.2) is 4.98 Å². The highest BCUT2D eigenvalue weighted by molar-refractivity contribution is 5.89. The number of aryl methyl sites for hydroxylation is 1. The number of pyridine rings is 1. The quantitative estimate of drug-likeness (QED) is 0.698. The Morgan fingerprint density at radius 1 is 1.20 bits per heavy atom. The average molecular weight is 336 g/mol. The van der Waals surface area contributed by atoms with Crippen LogP contribution in [0, 0.1) is 13.8 Å². The van der Waals surface area contributed by atoms with E-state index in [1.807, 2.05) is 12.3 Å². The minimum Gasteiger partial charge on any atom is -0.473 e. The molecule has 4 rings (SSSR count). The predicted molar refractivity (Wildman–Crippen MR) is 99.2 cm³/mol. The zero-order valence-electron chi connectivity index (χ0n) is 14.9. The molecule has 4 nitrogen and oxygen atoms in total. The summed E-state index contributed by atoms with van der Waals surface area (Å²) in [6, 6.07) is 12.6. The first-order chi connectivity index (χ1) is 12.2. The summed E-state index contributed by atoms with van der Waals surface area (Å²) in [6.07, 6.45) is 4.22. The molecule has 1 atom stereocenters. The standard InChI is InChI=1S/C21H24N2O2/c1-15-16(2)23(13-17-7-4-3-5-8-17)20-19(15)10-11-22-21(20)25-14-18-9-6-12-24-18/h3-5,7-8,10-11,18H,6,9,12-14H2,1-2H3. The molecule has 1 aromatic carbocycles. The number of rotatable bonds is 5. The number of benzene rings is 1. The van der Waals surface area contributed by atoms with Crippen molar-refractivity contribution in [2.24, 2.45) is 0 Å². The van der Waals surface area contributed by atoms with Crippen LogP contribution in [0.3, 0.4) is 0 Å². The molecule has 0 spiro atoms. The smallest absolute Gasteiger partial charge is 0.238 e. The minimum absolute atomic E-state index is 0.191. The van der Waals surface area contributed by atoms with E-state index < -0.39 is 0 Å². The van der Waals surface area contributed by atoms with Gasteiger partial charge in [-0.05, 0) is 43.9 Å². The van der Waals surface area contributed by atoms with E-state index >= 15 is 0 Å². The lowest BCUT2D eigenvalue weighted by atomic mass is 10.2. The highest BCUT2D eigenvalue weighted by Gasteiger charge is 2.20. The summed E-state index contributed by atoms with van der Waals surface area (Å²) >= 11 is 0. The maximum Gasteiger partial charge on any atom is 0.238 e. The van der Waals surface area contributed by atoms with E-state index in [0.717, 1.165) is 31.5 Å². The summed E-state index contributed by atoms with van der Waals surface area (Å²) in [5.41, 5.74) is 4.90. The SMILES string of the molecule is Cc1c(C)n(Cc2ccccc2)c2c(OCC3CCCO3)nccc12. The third-order valence-electron chi connectivity index (χ3n) is 5.13. The maximum absolute atomic E-state index is 6.09. The predicted octanol–water partition coefficient (Wildman–Crippen LogP) is 4.26. The molecule has 0 aliphatic carbocycles. The molecule has 25 heavy (non-hydrogen) atoms. The van der Waals surface area contributed by atoms with Crippen molar-refractivity contribution in [3.05, 3.63) is 59.4 Å². The van der Waals surface area contributed by atoms with Crippen molar-refractivity contribution in [2.75, 3.05) is 13.2 Å². The number of hydrogen-bond acceptors (Lipinski definition) is 3. The van der Waals surface area contributed by atoms with Crippen molar-refractivity contribution in [1.82, 2.24) is 9.55 Å². The van der Waals surface area contributed by atoms with Gasteiger partial charge in [0.25, 0.3) is 0 Å². The van der Waals surface area contributed by atoms with Gasteiger partial charge in [-0.3, -0.25) is 0 Å². The zero-order valence-corrected chi connectivity index (χ0v) is 14.9.